The molecule has 0 saturated carbocycles. The van der Waals surface area contributed by atoms with Gasteiger partial charge in [0.1, 0.15) is 0 Å². The van der Waals surface area contributed by atoms with Crippen LogP contribution in [0.3, 0.4) is 0 Å². The van der Waals surface area contributed by atoms with Gasteiger partial charge < -0.3 is 10.2 Å². The van der Waals surface area contributed by atoms with Crippen LogP contribution in [0.2, 0.25) is 0 Å². The van der Waals surface area contributed by atoms with Gasteiger partial charge in [-0.05, 0) is 39.6 Å². The molecule has 2 nitrogen and oxygen atoms in total. The summed E-state index contributed by atoms with van der Waals surface area (Å²) in [5, 5.41) is 3.54. The van der Waals surface area contributed by atoms with E-state index in [4.69, 9.17) is 0 Å². The SMILES string of the molecule is CSCC(C)N(C)CC1CCCN1. The molecule has 1 saturated heterocycles. The van der Waals surface area contributed by atoms with Crippen LogP contribution in [-0.4, -0.2) is 49.1 Å². The Morgan fingerprint density at radius 1 is 1.62 bits per heavy atom. The van der Waals surface area contributed by atoms with E-state index >= 15 is 0 Å². The van der Waals surface area contributed by atoms with Crippen LogP contribution in [0.5, 0.6) is 0 Å². The minimum Gasteiger partial charge on any atom is -0.313 e. The van der Waals surface area contributed by atoms with Crippen LogP contribution in [0.15, 0.2) is 0 Å². The van der Waals surface area contributed by atoms with Gasteiger partial charge >= 0.3 is 0 Å². The van der Waals surface area contributed by atoms with Gasteiger partial charge in [-0.25, -0.2) is 0 Å². The number of rotatable bonds is 5. The molecule has 2 atom stereocenters. The minimum absolute atomic E-state index is 0.706. The number of thioether (sulfide) groups is 1. The summed E-state index contributed by atoms with van der Waals surface area (Å²) in [4.78, 5) is 2.47. The van der Waals surface area contributed by atoms with Crippen LogP contribution >= 0.6 is 11.8 Å². The molecule has 0 aromatic heterocycles. The summed E-state index contributed by atoms with van der Waals surface area (Å²) in [6.07, 6.45) is 4.89. The van der Waals surface area contributed by atoms with Gasteiger partial charge in [0, 0.05) is 24.4 Å². The second kappa shape index (κ2) is 5.89. The van der Waals surface area contributed by atoms with Crippen LogP contribution in [-0.2, 0) is 0 Å². The van der Waals surface area contributed by atoms with Gasteiger partial charge in [0.05, 0.1) is 0 Å². The van der Waals surface area contributed by atoms with Gasteiger partial charge in [0.2, 0.25) is 0 Å². The topological polar surface area (TPSA) is 15.3 Å². The Bertz CT molecular complexity index is 135. The fourth-order valence-corrected chi connectivity index (χ4v) is 2.55. The highest BCUT2D eigenvalue weighted by molar-refractivity contribution is 7.98. The molecule has 1 fully saturated rings. The van der Waals surface area contributed by atoms with Crippen molar-refractivity contribution in [2.24, 2.45) is 0 Å². The van der Waals surface area contributed by atoms with Crippen molar-refractivity contribution in [2.45, 2.75) is 31.8 Å². The Labute approximate surface area is 86.5 Å². The molecule has 1 aliphatic rings. The number of nitrogens with one attached hydrogen (secondary N) is 1. The van der Waals surface area contributed by atoms with E-state index in [1.54, 1.807) is 0 Å². The highest BCUT2D eigenvalue weighted by Gasteiger charge is 2.18. The zero-order valence-electron chi connectivity index (χ0n) is 9.05. The first-order valence-electron chi connectivity index (χ1n) is 5.16. The van der Waals surface area contributed by atoms with Crippen molar-refractivity contribution in [3.63, 3.8) is 0 Å². The Morgan fingerprint density at radius 3 is 2.92 bits per heavy atom. The van der Waals surface area contributed by atoms with Gasteiger partial charge in [-0.3, -0.25) is 0 Å². The van der Waals surface area contributed by atoms with Crippen molar-refractivity contribution in [1.29, 1.82) is 0 Å². The summed E-state index contributed by atoms with van der Waals surface area (Å²) >= 11 is 1.93. The molecule has 1 heterocycles. The van der Waals surface area contributed by atoms with Crippen LogP contribution in [0, 0.1) is 0 Å². The molecular formula is C10H22N2S. The monoisotopic (exact) mass is 202 g/mol. The summed E-state index contributed by atoms with van der Waals surface area (Å²) < 4.78 is 0. The van der Waals surface area contributed by atoms with Crippen LogP contribution < -0.4 is 5.32 Å². The molecule has 0 radical (unpaired) electrons. The number of hydrogen-bond donors (Lipinski definition) is 1. The average Bonchev–Trinajstić information content (AvgIpc) is 2.57. The maximum absolute atomic E-state index is 3.54. The third-order valence-corrected chi connectivity index (χ3v) is 3.65. The highest BCUT2D eigenvalue weighted by Crippen LogP contribution is 2.09. The number of nitrogens with zero attached hydrogens (tertiary/aromatic N) is 1. The van der Waals surface area contributed by atoms with Crippen LogP contribution in [0.1, 0.15) is 19.8 Å². The van der Waals surface area contributed by atoms with E-state index in [-0.39, 0.29) is 0 Å². The van der Waals surface area contributed by atoms with E-state index in [9.17, 15) is 0 Å². The van der Waals surface area contributed by atoms with E-state index < -0.39 is 0 Å². The fraction of sp³-hybridized carbons (Fsp3) is 1.00. The van der Waals surface area contributed by atoms with Crippen molar-refractivity contribution >= 4 is 11.8 Å². The molecule has 1 N–H and O–H groups in total. The third-order valence-electron chi connectivity index (χ3n) is 2.83. The summed E-state index contributed by atoms with van der Waals surface area (Å²) in [6, 6.07) is 1.45. The van der Waals surface area contributed by atoms with Crippen molar-refractivity contribution in [3.8, 4) is 0 Å². The molecule has 1 aliphatic heterocycles. The normalized spacial score (nSPS) is 25.4. The largest absolute Gasteiger partial charge is 0.313 e. The first kappa shape index (κ1) is 11.3. The number of hydrogen-bond acceptors (Lipinski definition) is 3. The lowest BCUT2D eigenvalue weighted by molar-refractivity contribution is 0.252. The number of likely N-dealkylation sites (N-methyl/N-ethyl adjacent to an activating group) is 1. The maximum atomic E-state index is 3.54. The lowest BCUT2D eigenvalue weighted by atomic mass is 10.2. The molecule has 78 valence electrons. The third kappa shape index (κ3) is 3.88. The first-order valence-corrected chi connectivity index (χ1v) is 6.56. The van der Waals surface area contributed by atoms with Gasteiger partial charge in [0.25, 0.3) is 0 Å². The van der Waals surface area contributed by atoms with Crippen LogP contribution in [0.4, 0.5) is 0 Å². The molecule has 0 aromatic carbocycles. The average molecular weight is 202 g/mol. The molecule has 13 heavy (non-hydrogen) atoms. The van der Waals surface area contributed by atoms with E-state index in [2.05, 4.69) is 30.4 Å². The molecule has 0 bridgehead atoms. The second-order valence-corrected chi connectivity index (χ2v) is 4.95. The van der Waals surface area contributed by atoms with Gasteiger partial charge in [0.15, 0.2) is 0 Å². The molecule has 1 rings (SSSR count). The molecule has 3 heteroatoms. The van der Waals surface area contributed by atoms with E-state index in [0.29, 0.717) is 6.04 Å². The van der Waals surface area contributed by atoms with Gasteiger partial charge in [-0.2, -0.15) is 11.8 Å². The van der Waals surface area contributed by atoms with E-state index in [1.807, 2.05) is 11.8 Å². The Hall–Kier alpha value is 0.270. The van der Waals surface area contributed by atoms with Gasteiger partial charge in [-0.15, -0.1) is 0 Å². The summed E-state index contributed by atoms with van der Waals surface area (Å²) in [5.41, 5.74) is 0. The summed E-state index contributed by atoms with van der Waals surface area (Å²) in [5.74, 6) is 1.24. The molecule has 0 amide bonds. The lowest BCUT2D eigenvalue weighted by Gasteiger charge is -2.26. The molecular weight excluding hydrogens is 180 g/mol. The minimum atomic E-state index is 0.706. The smallest absolute Gasteiger partial charge is 0.0195 e. The molecule has 0 aromatic rings. The zero-order valence-corrected chi connectivity index (χ0v) is 9.86. The zero-order chi connectivity index (χ0) is 9.68. The van der Waals surface area contributed by atoms with Crippen LogP contribution in [0.25, 0.3) is 0 Å². The predicted octanol–water partition coefficient (Wildman–Crippen LogP) is 1.42. The summed E-state index contributed by atoms with van der Waals surface area (Å²) in [6.45, 7) is 4.74. The Morgan fingerprint density at radius 2 is 2.38 bits per heavy atom. The van der Waals surface area contributed by atoms with Gasteiger partial charge in [-0.1, -0.05) is 0 Å². The fourth-order valence-electron chi connectivity index (χ4n) is 1.81. The van der Waals surface area contributed by atoms with Crippen molar-refractivity contribution in [2.75, 3.05) is 32.1 Å². The van der Waals surface area contributed by atoms with E-state index in [1.165, 1.54) is 31.7 Å². The molecule has 2 unspecified atom stereocenters. The first-order chi connectivity index (χ1) is 6.24. The molecule has 0 aliphatic carbocycles. The standard InChI is InChI=1S/C10H22N2S/c1-9(8-13-3)12(2)7-10-5-4-6-11-10/h9-11H,4-8H2,1-3H3. The predicted molar refractivity (Wildman–Crippen MR) is 61.5 cm³/mol. The second-order valence-electron chi connectivity index (χ2n) is 4.04. The lowest BCUT2D eigenvalue weighted by Crippen LogP contribution is -2.40. The maximum Gasteiger partial charge on any atom is 0.0195 e. The van der Waals surface area contributed by atoms with E-state index in [0.717, 1.165) is 6.04 Å². The Kier molecular flexibility index (Phi) is 5.14. The quantitative estimate of drug-likeness (QED) is 0.726. The highest BCUT2D eigenvalue weighted by atomic mass is 32.2. The van der Waals surface area contributed by atoms with Crippen molar-refractivity contribution < 1.29 is 0 Å². The molecule has 0 spiro atoms. The Balaban J connectivity index is 2.18. The van der Waals surface area contributed by atoms with Crippen molar-refractivity contribution in [1.82, 2.24) is 10.2 Å². The van der Waals surface area contributed by atoms with Crippen molar-refractivity contribution in [3.05, 3.63) is 0 Å². The summed E-state index contributed by atoms with van der Waals surface area (Å²) in [7, 11) is 2.24.